The Morgan fingerprint density at radius 1 is 1.00 bits per heavy atom. The Kier molecular flexibility index (Phi) is 5.21. The van der Waals surface area contributed by atoms with Gasteiger partial charge in [0.1, 0.15) is 0 Å². The van der Waals surface area contributed by atoms with Crippen LogP contribution in [0.1, 0.15) is 58.2 Å². The van der Waals surface area contributed by atoms with Crippen LogP contribution in [-0.4, -0.2) is 22.4 Å². The van der Waals surface area contributed by atoms with Crippen molar-refractivity contribution in [2.75, 3.05) is 4.90 Å². The minimum absolute atomic E-state index is 0.130. The number of anilines is 1. The highest BCUT2D eigenvalue weighted by molar-refractivity contribution is 9.10. The number of rotatable bonds is 1. The second-order valence-corrected chi connectivity index (χ2v) is 8.45. The smallest absolute Gasteiger partial charge is 0.421 e. The van der Waals surface area contributed by atoms with Crippen molar-refractivity contribution in [3.63, 3.8) is 0 Å². The quantitative estimate of drug-likeness (QED) is 0.667. The third-order valence-corrected chi connectivity index (χ3v) is 4.49. The van der Waals surface area contributed by atoms with Gasteiger partial charge in [-0.15, -0.1) is 0 Å². The first-order chi connectivity index (χ1) is 10.2. The minimum atomic E-state index is -1.53. The molecule has 0 fully saturated rings. The van der Waals surface area contributed by atoms with E-state index in [1.54, 1.807) is 6.07 Å². The molecular formula is C17H24BrNO4. The maximum absolute atomic E-state index is 11.4. The SMILES string of the molecule is Cc1c(C(C)(C)C)cc(N(C(=O)O)C(=O)O)c(Br)c1C(C)(C)C. The Morgan fingerprint density at radius 2 is 1.43 bits per heavy atom. The molecule has 0 unspecified atom stereocenters. The van der Waals surface area contributed by atoms with E-state index in [-0.39, 0.29) is 16.5 Å². The summed E-state index contributed by atoms with van der Waals surface area (Å²) in [6, 6.07) is 1.65. The van der Waals surface area contributed by atoms with Gasteiger partial charge >= 0.3 is 12.2 Å². The van der Waals surface area contributed by atoms with Gasteiger partial charge in [0.15, 0.2) is 0 Å². The normalized spacial score (nSPS) is 12.2. The highest BCUT2D eigenvalue weighted by Gasteiger charge is 2.32. The molecule has 0 saturated heterocycles. The Balaban J connectivity index is 3.93. The zero-order chi connectivity index (χ0) is 18.3. The molecule has 2 N–H and O–H groups in total. The van der Waals surface area contributed by atoms with Crippen LogP contribution in [0.5, 0.6) is 0 Å². The molecule has 1 rings (SSSR count). The monoisotopic (exact) mass is 385 g/mol. The van der Waals surface area contributed by atoms with Gasteiger partial charge in [-0.3, -0.25) is 0 Å². The van der Waals surface area contributed by atoms with Crippen LogP contribution in [0.3, 0.4) is 0 Å². The molecule has 0 radical (unpaired) electrons. The first-order valence-electron chi connectivity index (χ1n) is 7.29. The number of carbonyl (C=O) groups is 2. The van der Waals surface area contributed by atoms with Gasteiger partial charge in [-0.25, -0.2) is 9.59 Å². The summed E-state index contributed by atoms with van der Waals surface area (Å²) in [7, 11) is 0. The minimum Gasteiger partial charge on any atom is -0.464 e. The fraction of sp³-hybridized carbons (Fsp3) is 0.529. The van der Waals surface area contributed by atoms with E-state index in [1.165, 1.54) is 0 Å². The van der Waals surface area contributed by atoms with Gasteiger partial charge in [0.05, 0.1) is 5.69 Å². The summed E-state index contributed by atoms with van der Waals surface area (Å²) in [5.41, 5.74) is 2.48. The molecule has 0 bridgehead atoms. The average molecular weight is 386 g/mol. The van der Waals surface area contributed by atoms with E-state index in [2.05, 4.69) is 15.9 Å². The van der Waals surface area contributed by atoms with Gasteiger partial charge < -0.3 is 10.2 Å². The third-order valence-electron chi connectivity index (χ3n) is 3.69. The summed E-state index contributed by atoms with van der Waals surface area (Å²) in [6.07, 6.45) is -3.05. The number of halogens is 1. The van der Waals surface area contributed by atoms with E-state index in [0.29, 0.717) is 9.37 Å². The first-order valence-corrected chi connectivity index (χ1v) is 8.09. The topological polar surface area (TPSA) is 77.8 Å². The molecule has 0 aliphatic rings. The van der Waals surface area contributed by atoms with Crippen LogP contribution in [0.25, 0.3) is 0 Å². The third kappa shape index (κ3) is 3.86. The lowest BCUT2D eigenvalue weighted by molar-refractivity contribution is 0.184. The van der Waals surface area contributed by atoms with Crippen molar-refractivity contribution in [2.45, 2.75) is 59.3 Å². The fourth-order valence-corrected chi connectivity index (χ4v) is 4.04. The second kappa shape index (κ2) is 6.15. The molecule has 0 aliphatic heterocycles. The number of carboxylic acid groups (broad SMARTS) is 2. The molecule has 1 aromatic rings. The zero-order valence-electron chi connectivity index (χ0n) is 14.6. The van der Waals surface area contributed by atoms with E-state index in [4.69, 9.17) is 0 Å². The average Bonchev–Trinajstić information content (AvgIpc) is 2.27. The van der Waals surface area contributed by atoms with Crippen LogP contribution in [-0.2, 0) is 10.8 Å². The van der Waals surface area contributed by atoms with Crippen molar-refractivity contribution in [3.05, 3.63) is 27.2 Å². The van der Waals surface area contributed by atoms with Crippen molar-refractivity contribution >= 4 is 33.8 Å². The summed E-state index contributed by atoms with van der Waals surface area (Å²) in [4.78, 5) is 23.2. The maximum atomic E-state index is 11.4. The summed E-state index contributed by atoms with van der Waals surface area (Å²) in [5.74, 6) is 0. The van der Waals surface area contributed by atoms with E-state index in [1.807, 2.05) is 48.5 Å². The van der Waals surface area contributed by atoms with Gasteiger partial charge in [0.25, 0.3) is 0 Å². The van der Waals surface area contributed by atoms with Gasteiger partial charge in [0, 0.05) is 4.47 Å². The largest absolute Gasteiger partial charge is 0.464 e. The highest BCUT2D eigenvalue weighted by Crippen LogP contribution is 2.43. The summed E-state index contributed by atoms with van der Waals surface area (Å²) < 4.78 is 0.500. The molecule has 0 aliphatic carbocycles. The number of imide groups is 1. The lowest BCUT2D eigenvalue weighted by atomic mass is 9.76. The number of hydrogen-bond acceptors (Lipinski definition) is 2. The number of amides is 2. The predicted molar refractivity (Wildman–Crippen MR) is 94.8 cm³/mol. The van der Waals surface area contributed by atoms with E-state index < -0.39 is 12.2 Å². The lowest BCUT2D eigenvalue weighted by Gasteiger charge is -2.32. The molecular weight excluding hydrogens is 362 g/mol. The van der Waals surface area contributed by atoms with E-state index in [9.17, 15) is 19.8 Å². The van der Waals surface area contributed by atoms with Crippen LogP contribution < -0.4 is 4.90 Å². The summed E-state index contributed by atoms with van der Waals surface area (Å²) >= 11 is 3.44. The van der Waals surface area contributed by atoms with Crippen molar-refractivity contribution in [1.29, 1.82) is 0 Å². The summed E-state index contributed by atoms with van der Waals surface area (Å²) in [6.45, 7) is 14.1. The van der Waals surface area contributed by atoms with Crippen LogP contribution in [0, 0.1) is 6.92 Å². The van der Waals surface area contributed by atoms with Crippen molar-refractivity contribution < 1.29 is 19.8 Å². The lowest BCUT2D eigenvalue weighted by Crippen LogP contribution is -2.35. The molecule has 0 aromatic heterocycles. The molecule has 0 saturated carbocycles. The Hall–Kier alpha value is -1.56. The highest BCUT2D eigenvalue weighted by atomic mass is 79.9. The second-order valence-electron chi connectivity index (χ2n) is 7.66. The van der Waals surface area contributed by atoms with Gasteiger partial charge in [-0.1, -0.05) is 41.5 Å². The Labute approximate surface area is 145 Å². The molecule has 2 amide bonds. The van der Waals surface area contributed by atoms with Gasteiger partial charge in [-0.05, 0) is 56.4 Å². The fourth-order valence-electron chi connectivity index (χ4n) is 2.86. The number of nitrogens with zero attached hydrogens (tertiary/aromatic N) is 1. The van der Waals surface area contributed by atoms with Crippen LogP contribution in [0.15, 0.2) is 10.5 Å². The first kappa shape index (κ1) is 19.5. The number of hydrogen-bond donors (Lipinski definition) is 2. The van der Waals surface area contributed by atoms with Crippen LogP contribution >= 0.6 is 15.9 Å². The Bertz CT molecular complexity index is 640. The van der Waals surface area contributed by atoms with Crippen molar-refractivity contribution in [3.8, 4) is 0 Å². The standard InChI is InChI=1S/C17H24BrNO4/c1-9-10(16(2,3)4)8-11(19(14(20)21)15(22)23)13(18)12(9)17(5,6)7/h8H,1-7H3,(H,20,21)(H,22,23). The van der Waals surface area contributed by atoms with Gasteiger partial charge in [-0.2, -0.15) is 4.90 Å². The Morgan fingerprint density at radius 3 is 1.74 bits per heavy atom. The molecule has 0 spiro atoms. The number of benzene rings is 1. The molecule has 0 atom stereocenters. The molecule has 0 heterocycles. The van der Waals surface area contributed by atoms with Crippen molar-refractivity contribution in [1.82, 2.24) is 0 Å². The zero-order valence-corrected chi connectivity index (χ0v) is 16.2. The van der Waals surface area contributed by atoms with E-state index >= 15 is 0 Å². The molecule has 5 nitrogen and oxygen atoms in total. The molecule has 1 aromatic carbocycles. The van der Waals surface area contributed by atoms with Crippen LogP contribution in [0.2, 0.25) is 0 Å². The summed E-state index contributed by atoms with van der Waals surface area (Å²) in [5, 5.41) is 18.6. The molecule has 128 valence electrons. The van der Waals surface area contributed by atoms with E-state index in [0.717, 1.165) is 16.7 Å². The van der Waals surface area contributed by atoms with Gasteiger partial charge in [0.2, 0.25) is 0 Å². The van der Waals surface area contributed by atoms with Crippen LogP contribution in [0.4, 0.5) is 15.3 Å². The van der Waals surface area contributed by atoms with Crippen molar-refractivity contribution in [2.24, 2.45) is 0 Å². The molecule has 6 heteroatoms. The maximum Gasteiger partial charge on any atom is 0.421 e. The molecule has 23 heavy (non-hydrogen) atoms. The predicted octanol–water partition coefficient (Wildman–Crippen LogP) is 5.51.